The van der Waals surface area contributed by atoms with Crippen LogP contribution < -0.4 is 0 Å². The first-order chi connectivity index (χ1) is 57.4. The van der Waals surface area contributed by atoms with Crippen molar-refractivity contribution < 1.29 is 47.6 Å². The number of carbonyl (C=O) groups excluding carboxylic acids is 2. The number of Topliss-reactive ketones (excluding diaryl/α,β-unsaturated/α-hetero) is 2. The molecule has 20 heteroatoms. The third kappa shape index (κ3) is 16.4. The van der Waals surface area contributed by atoms with Crippen LogP contribution in [-0.2, 0) is 35.8 Å². The van der Waals surface area contributed by atoms with Crippen LogP contribution in [0.4, 0.5) is 29.1 Å². The summed E-state index contributed by atoms with van der Waals surface area (Å²) in [4.78, 5) is 33.2. The van der Waals surface area contributed by atoms with Crippen molar-refractivity contribution in [3.63, 3.8) is 0 Å². The molecule has 0 aliphatic heterocycles. The summed E-state index contributed by atoms with van der Waals surface area (Å²) in [5, 5.41) is 59.3. The smallest absolute Gasteiger partial charge is 0.295 e. The van der Waals surface area contributed by atoms with E-state index in [9.17, 15) is 30.0 Å². The van der Waals surface area contributed by atoms with Crippen LogP contribution in [0.5, 0.6) is 0 Å². The molecule has 0 saturated heterocycles. The topological polar surface area (TPSA) is 195 Å². The minimum atomic E-state index is -0.799. The van der Waals surface area contributed by atoms with Gasteiger partial charge in [-0.1, -0.05) is 58.6 Å². The van der Waals surface area contributed by atoms with Crippen LogP contribution in [0.25, 0.3) is 9.69 Å². The van der Waals surface area contributed by atoms with Gasteiger partial charge >= 0.3 is 0 Å². The van der Waals surface area contributed by atoms with Crippen LogP contribution in [0.2, 0.25) is 0 Å². The number of hydrogen-bond acceptors (Lipinski definition) is 10. The molecule has 0 amide bonds. The van der Waals surface area contributed by atoms with Crippen LogP contribution in [0.15, 0.2) is 79.8 Å². The highest BCUT2D eigenvalue weighted by Gasteiger charge is 2.66. The average molecular weight is 1670 g/mol. The molecule has 4 aromatic heterocycles. The molecule has 662 valence electrons. The van der Waals surface area contributed by atoms with Crippen molar-refractivity contribution in [2.24, 2.45) is 164 Å². The number of aromatic nitrogens is 8. The third-order valence-corrected chi connectivity index (χ3v) is 38.9. The van der Waals surface area contributed by atoms with E-state index in [0.717, 1.165) is 121 Å². The minimum absolute atomic E-state index is 0.00711. The summed E-state index contributed by atoms with van der Waals surface area (Å²) in [6.45, 7) is 44.3. The maximum atomic E-state index is 15.4. The Kier molecular flexibility index (Phi) is 23.9. The Morgan fingerprint density at radius 2 is 0.736 bits per heavy atom. The first-order valence-electron chi connectivity index (χ1n) is 48.0. The second-order valence-corrected chi connectivity index (χ2v) is 45.9. The highest BCUT2D eigenvalue weighted by atomic mass is 19.1. The van der Waals surface area contributed by atoms with Crippen molar-refractivity contribution in [3.8, 4) is 0 Å². The van der Waals surface area contributed by atoms with Gasteiger partial charge in [-0.25, -0.2) is 22.4 Å². The van der Waals surface area contributed by atoms with Gasteiger partial charge < -0.3 is 25.3 Å². The second-order valence-electron chi connectivity index (χ2n) is 45.9. The second kappa shape index (κ2) is 33.1. The molecule has 16 saturated carbocycles. The van der Waals surface area contributed by atoms with E-state index >= 15 is 17.6 Å². The Balaban J connectivity index is 0.000000115. The number of halogens is 4. The number of carbonyl (C=O) groups is 2. The zero-order valence-corrected chi connectivity index (χ0v) is 74.3. The maximum Gasteiger partial charge on any atom is 0.295 e. The zero-order valence-electron chi connectivity index (χ0n) is 74.3. The molecule has 0 radical (unpaired) electrons. The molecule has 0 unspecified atom stereocenters. The molecule has 16 nitrogen and oxygen atoms in total. The molecule has 16 fully saturated rings. The van der Waals surface area contributed by atoms with Crippen molar-refractivity contribution in [1.29, 1.82) is 0 Å². The standard InChI is InChI=1S/2C26H36FN3O.C25H37FN2O2.C24H35FN2O2/c1-16(15-30-12-9-24(28-4)29-30)21-5-6-22-19-13-23(27)20-14-25(2,31)10-7-18(20)17(19)8-11-26(21,22)3;1-16(14-30-15-17(28-4)13-29-30)22-5-6-23-20-11-24(27)21-12-25(2,31)9-7-19(21)18(20)8-10-26(22,23)3;1-15-12-27-28(13-15)14-23(29)21-5-4-20-18-10-22(26)19-11-24(2,30)8-6-17(19)16(18)7-9-25(20,21)3;1-23(29)8-6-16-15-7-9-24(2)19(17(15)12-21(25)18(16)13-23)4-5-20(24)22(28)14-27-11-3-10-26-27/h9,12,17-23,31H,1,5-8,10-11,13-15H2,2-3H3;13,15,18-24,31H,1,5-12,14H2,2-3H3;12-13,16-22,30H,4-11,14H2,1-3H3;3,10-11,15-21,29H,4-9,12-14H2,1-2H3/t17-,18-,19-,20+,21-,22+,23-,25-,26-;18-,19-,20-,21+,22-,23+,24-,25-,26-;16-,17-,18-,19+,20+,21-,22-,24-,25+;15-,16-,17-,18+,19+,20-,21-,23-,24+/m1111/s1. The first kappa shape index (κ1) is 87.3. The van der Waals surface area contributed by atoms with Crippen molar-refractivity contribution in [2.45, 2.75) is 341 Å². The predicted octanol–water partition coefficient (Wildman–Crippen LogP) is 21.1. The van der Waals surface area contributed by atoms with E-state index in [1.54, 1.807) is 40.2 Å². The molecule has 121 heavy (non-hydrogen) atoms. The number of alkyl halides is 4. The summed E-state index contributed by atoms with van der Waals surface area (Å²) in [6.07, 6.45) is 39.7. The normalized spacial score (nSPS) is 47.5. The largest absolute Gasteiger partial charge is 0.390 e. The van der Waals surface area contributed by atoms with Gasteiger partial charge in [0, 0.05) is 42.8 Å². The molecule has 0 aromatic carbocycles. The van der Waals surface area contributed by atoms with E-state index in [-0.39, 0.29) is 57.2 Å². The Morgan fingerprint density at radius 3 is 1.07 bits per heavy atom. The molecule has 20 rings (SSSR count). The van der Waals surface area contributed by atoms with Crippen molar-refractivity contribution in [3.05, 3.63) is 108 Å². The van der Waals surface area contributed by atoms with E-state index in [4.69, 9.17) is 13.1 Å². The third-order valence-electron chi connectivity index (χ3n) is 38.9. The molecule has 0 spiro atoms. The van der Waals surface area contributed by atoms with E-state index in [1.165, 1.54) is 49.7 Å². The molecular formula is C101H144F4N10O6. The summed E-state index contributed by atoms with van der Waals surface area (Å²) < 4.78 is 68.8. The predicted molar refractivity (Wildman–Crippen MR) is 460 cm³/mol. The van der Waals surface area contributed by atoms with Crippen molar-refractivity contribution in [1.82, 2.24) is 39.1 Å². The van der Waals surface area contributed by atoms with E-state index in [2.05, 4.69) is 70.9 Å². The average Bonchev–Trinajstić information content (AvgIpc) is 1.73. The van der Waals surface area contributed by atoms with Gasteiger partial charge in [-0.15, -0.1) is 0 Å². The minimum Gasteiger partial charge on any atom is -0.390 e. The van der Waals surface area contributed by atoms with Crippen LogP contribution >= 0.6 is 0 Å². The Morgan fingerprint density at radius 1 is 0.405 bits per heavy atom. The fraction of sp³-hybridized carbons (Fsp3) is 0.802. The molecule has 0 bridgehead atoms. The summed E-state index contributed by atoms with van der Waals surface area (Å²) in [5.41, 5.74) is 1.72. The lowest BCUT2D eigenvalue weighted by Gasteiger charge is -2.57. The van der Waals surface area contributed by atoms with Gasteiger partial charge in [0.2, 0.25) is 5.69 Å². The molecule has 36 atom stereocenters. The number of aryl methyl sites for hydroxylation is 1. The Labute approximate surface area is 718 Å². The van der Waals surface area contributed by atoms with Crippen LogP contribution in [0.1, 0.15) is 266 Å². The van der Waals surface area contributed by atoms with E-state index < -0.39 is 47.1 Å². The highest BCUT2D eigenvalue weighted by Crippen LogP contribution is 2.71. The number of allylic oxidation sites excluding steroid dienone is 2. The summed E-state index contributed by atoms with van der Waals surface area (Å²) in [5.74, 6) is 10.3. The first-order valence-corrected chi connectivity index (χ1v) is 48.0. The number of aliphatic hydroxyl groups is 4. The van der Waals surface area contributed by atoms with Crippen LogP contribution in [-0.4, -0.2) is 118 Å². The lowest BCUT2D eigenvalue weighted by Crippen LogP contribution is -2.54. The number of hydrogen-bond donors (Lipinski definition) is 4. The van der Waals surface area contributed by atoms with Gasteiger partial charge in [0.15, 0.2) is 11.6 Å². The van der Waals surface area contributed by atoms with Crippen molar-refractivity contribution >= 4 is 23.1 Å². The lowest BCUT2D eigenvalue weighted by molar-refractivity contribution is -0.139. The summed E-state index contributed by atoms with van der Waals surface area (Å²) in [6, 6.07) is 3.62. The van der Waals surface area contributed by atoms with E-state index in [0.29, 0.717) is 207 Å². The molecule has 4 aromatic rings. The fourth-order valence-electron chi connectivity index (χ4n) is 33.5. The van der Waals surface area contributed by atoms with Gasteiger partial charge in [-0.2, -0.15) is 20.0 Å². The Bertz CT molecular complexity index is 4350. The van der Waals surface area contributed by atoms with Crippen molar-refractivity contribution in [2.75, 3.05) is 0 Å². The fourth-order valence-corrected chi connectivity index (χ4v) is 33.5. The molecule has 16 aliphatic carbocycles. The number of fused-ring (bicyclic) bond motifs is 20. The molecule has 16 aliphatic rings. The highest BCUT2D eigenvalue weighted by molar-refractivity contribution is 5.82. The summed E-state index contributed by atoms with van der Waals surface area (Å²) in [7, 11) is 0. The van der Waals surface area contributed by atoms with Gasteiger partial charge in [0.25, 0.3) is 5.82 Å². The number of nitrogens with zero attached hydrogens (tertiary/aromatic N) is 10. The SMILES string of the molecule is C[C@@]1(O)CC[C@@H]2[C@H]3CC[C@]4(C)[C@@H](C(=O)Cn5cccn5)CC[C@H]4[C@@H]3C[C@@H](F)[C@H]2C1.Cc1cnn(CC(=O)[C@H]2CC[C@H]3[C@@H]4C[C@@H](F)[C@H]5C[C@](C)(O)CC[C@@H]5[C@H]4CC[C@]23C)c1.[C-]#[N+]c1ccn(CC(=C)[C@H]2CC[C@H]3[C@@H]4C[C@@H](F)[C@H]5C[C@](C)(O)CC[C@@H]5[C@H]4CC[C@]23C)n1.[C-]#[N+]c1cnn(CC(=C)[C@H]2CC[C@H]3[C@@H]4C[C@@H](F)[C@H]5C[C@](C)(O)CC[C@@H]5[C@H]4CC[C@]23C)c1. The van der Waals surface area contributed by atoms with Gasteiger partial charge in [-0.3, -0.25) is 23.6 Å². The van der Waals surface area contributed by atoms with Gasteiger partial charge in [0.05, 0.1) is 67.5 Å². The van der Waals surface area contributed by atoms with Crippen LogP contribution in [0, 0.1) is 184 Å². The molecule has 4 heterocycles. The van der Waals surface area contributed by atoms with E-state index in [1.807, 2.05) is 68.6 Å². The van der Waals surface area contributed by atoms with Gasteiger partial charge in [0.1, 0.15) is 24.7 Å². The molecular weight excluding hydrogens is 1530 g/mol. The Hall–Kier alpha value is -5.80. The lowest BCUT2D eigenvalue weighted by atomic mass is 9.48. The monoisotopic (exact) mass is 1670 g/mol. The quantitative estimate of drug-likeness (QED) is 0.0602. The number of ketones is 2. The molecule has 4 N–H and O–H groups in total. The maximum absolute atomic E-state index is 15.4. The summed E-state index contributed by atoms with van der Waals surface area (Å²) >= 11 is 0. The van der Waals surface area contributed by atoms with Gasteiger partial charge in [-0.05, 0) is 415 Å². The van der Waals surface area contributed by atoms with Crippen LogP contribution in [0.3, 0.4) is 0 Å². The zero-order chi connectivity index (χ0) is 85.6. The number of rotatable bonds is 12.